The second-order valence-electron chi connectivity index (χ2n) is 2.81. The van der Waals surface area contributed by atoms with Crippen LogP contribution in [-0.4, -0.2) is 6.29 Å². The van der Waals surface area contributed by atoms with E-state index in [2.05, 4.69) is 11.8 Å². The molecule has 0 aliphatic carbocycles. The molecule has 1 rings (SSSR count). The van der Waals surface area contributed by atoms with Crippen LogP contribution in [0.1, 0.15) is 16.7 Å². The number of carbonyl (C=O) groups is 1. The summed E-state index contributed by atoms with van der Waals surface area (Å²) in [6.45, 7) is 3.84. The standard InChI is InChI=1S/C11H9ClO/c1-8-6-10(4-3-5-13)7-9(2)11(8)12/h5-7H,1-2H3. The molecular weight excluding hydrogens is 184 g/mol. The van der Waals surface area contributed by atoms with Crippen LogP contribution >= 0.6 is 11.6 Å². The Morgan fingerprint density at radius 1 is 1.31 bits per heavy atom. The van der Waals surface area contributed by atoms with Crippen molar-refractivity contribution in [2.75, 3.05) is 0 Å². The Balaban J connectivity index is 3.20. The van der Waals surface area contributed by atoms with E-state index in [0.29, 0.717) is 6.29 Å². The molecule has 1 nitrogen and oxygen atoms in total. The number of hydrogen-bond donors (Lipinski definition) is 0. The van der Waals surface area contributed by atoms with Gasteiger partial charge in [0, 0.05) is 10.6 Å². The summed E-state index contributed by atoms with van der Waals surface area (Å²) in [5.74, 6) is 5.09. The molecule has 0 fully saturated rings. The van der Waals surface area contributed by atoms with Crippen molar-refractivity contribution in [3.05, 3.63) is 33.8 Å². The van der Waals surface area contributed by atoms with Crippen LogP contribution in [0.2, 0.25) is 5.02 Å². The van der Waals surface area contributed by atoms with E-state index < -0.39 is 0 Å². The maximum absolute atomic E-state index is 10.0. The maximum Gasteiger partial charge on any atom is 0.193 e. The molecule has 13 heavy (non-hydrogen) atoms. The fourth-order valence-electron chi connectivity index (χ4n) is 1.13. The Hall–Kier alpha value is -1.26. The Kier molecular flexibility index (Phi) is 3.11. The number of hydrogen-bond acceptors (Lipinski definition) is 1. The molecule has 0 aromatic heterocycles. The quantitative estimate of drug-likeness (QED) is 0.456. The van der Waals surface area contributed by atoms with Gasteiger partial charge in [-0.05, 0) is 43.0 Å². The topological polar surface area (TPSA) is 17.1 Å². The van der Waals surface area contributed by atoms with Crippen molar-refractivity contribution in [2.24, 2.45) is 0 Å². The lowest BCUT2D eigenvalue weighted by Crippen LogP contribution is -1.84. The van der Waals surface area contributed by atoms with E-state index in [4.69, 9.17) is 11.6 Å². The normalized spacial score (nSPS) is 8.85. The monoisotopic (exact) mass is 192 g/mol. The summed E-state index contributed by atoms with van der Waals surface area (Å²) in [5.41, 5.74) is 2.79. The van der Waals surface area contributed by atoms with Crippen molar-refractivity contribution < 1.29 is 4.79 Å². The molecule has 0 saturated heterocycles. The highest BCUT2D eigenvalue weighted by Gasteiger charge is 2.00. The zero-order valence-corrected chi connectivity index (χ0v) is 8.27. The van der Waals surface area contributed by atoms with Gasteiger partial charge in [0.15, 0.2) is 6.29 Å². The van der Waals surface area contributed by atoms with Gasteiger partial charge in [0.05, 0.1) is 0 Å². The van der Waals surface area contributed by atoms with Gasteiger partial charge in [0.2, 0.25) is 0 Å². The van der Waals surface area contributed by atoms with Crippen LogP contribution in [0.15, 0.2) is 12.1 Å². The second-order valence-corrected chi connectivity index (χ2v) is 3.19. The summed E-state index contributed by atoms with van der Waals surface area (Å²) in [5, 5.41) is 0.761. The van der Waals surface area contributed by atoms with Gasteiger partial charge in [-0.3, -0.25) is 4.79 Å². The van der Waals surface area contributed by atoms with Crippen molar-refractivity contribution >= 4 is 17.9 Å². The average molecular weight is 193 g/mol. The molecule has 0 saturated carbocycles. The highest BCUT2D eigenvalue weighted by molar-refractivity contribution is 6.32. The van der Waals surface area contributed by atoms with E-state index in [-0.39, 0.29) is 0 Å². The molecule has 0 bridgehead atoms. The van der Waals surface area contributed by atoms with Gasteiger partial charge in [-0.2, -0.15) is 0 Å². The predicted molar refractivity (Wildman–Crippen MR) is 53.9 cm³/mol. The number of halogens is 1. The smallest absolute Gasteiger partial charge is 0.193 e. The maximum atomic E-state index is 10.0. The molecule has 1 aromatic rings. The third-order valence-electron chi connectivity index (χ3n) is 1.71. The average Bonchev–Trinajstić information content (AvgIpc) is 2.10. The fourth-order valence-corrected chi connectivity index (χ4v) is 1.24. The lowest BCUT2D eigenvalue weighted by Gasteiger charge is -2.02. The van der Waals surface area contributed by atoms with E-state index >= 15 is 0 Å². The Morgan fingerprint density at radius 3 is 2.31 bits per heavy atom. The van der Waals surface area contributed by atoms with Crippen molar-refractivity contribution in [1.29, 1.82) is 0 Å². The Morgan fingerprint density at radius 2 is 1.85 bits per heavy atom. The second kappa shape index (κ2) is 4.11. The zero-order valence-electron chi connectivity index (χ0n) is 7.52. The molecule has 1 aromatic carbocycles. The SMILES string of the molecule is Cc1cc(C#CC=O)cc(C)c1Cl. The van der Waals surface area contributed by atoms with Gasteiger partial charge in [-0.1, -0.05) is 17.5 Å². The van der Waals surface area contributed by atoms with Crippen LogP contribution in [0.5, 0.6) is 0 Å². The Labute approximate surface area is 82.7 Å². The fraction of sp³-hybridized carbons (Fsp3) is 0.182. The van der Waals surface area contributed by atoms with Crippen LogP contribution in [0, 0.1) is 25.7 Å². The van der Waals surface area contributed by atoms with E-state index in [1.165, 1.54) is 0 Å². The van der Waals surface area contributed by atoms with Crippen LogP contribution < -0.4 is 0 Å². The van der Waals surface area contributed by atoms with E-state index in [1.807, 2.05) is 26.0 Å². The van der Waals surface area contributed by atoms with Gasteiger partial charge in [0.1, 0.15) is 0 Å². The molecule has 0 atom stereocenters. The van der Waals surface area contributed by atoms with Gasteiger partial charge in [0.25, 0.3) is 0 Å². The first-order valence-corrected chi connectivity index (χ1v) is 4.25. The highest BCUT2D eigenvalue weighted by Crippen LogP contribution is 2.21. The lowest BCUT2D eigenvalue weighted by atomic mass is 10.1. The van der Waals surface area contributed by atoms with Crippen LogP contribution in [0.3, 0.4) is 0 Å². The molecule has 2 heteroatoms. The van der Waals surface area contributed by atoms with Gasteiger partial charge in [-0.15, -0.1) is 0 Å². The number of aldehydes is 1. The van der Waals surface area contributed by atoms with Crippen molar-refractivity contribution in [3.8, 4) is 11.8 Å². The van der Waals surface area contributed by atoms with E-state index in [9.17, 15) is 4.79 Å². The molecule has 0 aliphatic heterocycles. The molecule has 0 aliphatic rings. The summed E-state index contributed by atoms with van der Waals surface area (Å²) >= 11 is 5.97. The molecule has 0 heterocycles. The minimum Gasteiger partial charge on any atom is -0.289 e. The van der Waals surface area contributed by atoms with Gasteiger partial charge >= 0.3 is 0 Å². The van der Waals surface area contributed by atoms with Crippen LogP contribution in [0.25, 0.3) is 0 Å². The predicted octanol–water partition coefficient (Wildman–Crippen LogP) is 2.51. The summed E-state index contributed by atoms with van der Waals surface area (Å²) < 4.78 is 0. The third kappa shape index (κ3) is 2.34. The van der Waals surface area contributed by atoms with E-state index in [0.717, 1.165) is 21.7 Å². The largest absolute Gasteiger partial charge is 0.289 e. The molecule has 0 unspecified atom stereocenters. The first-order valence-electron chi connectivity index (χ1n) is 3.87. The molecule has 0 radical (unpaired) electrons. The van der Waals surface area contributed by atoms with Crippen molar-refractivity contribution in [1.82, 2.24) is 0 Å². The number of aryl methyl sites for hydroxylation is 2. The van der Waals surface area contributed by atoms with Crippen LogP contribution in [0.4, 0.5) is 0 Å². The summed E-state index contributed by atoms with van der Waals surface area (Å²) in [4.78, 5) is 10.0. The van der Waals surface area contributed by atoms with Crippen LogP contribution in [-0.2, 0) is 4.79 Å². The number of rotatable bonds is 0. The number of carbonyl (C=O) groups excluding carboxylic acids is 1. The molecule has 0 amide bonds. The molecule has 0 N–H and O–H groups in total. The molecular formula is C11H9ClO. The molecule has 66 valence electrons. The summed E-state index contributed by atoms with van der Waals surface area (Å²) in [7, 11) is 0. The van der Waals surface area contributed by atoms with Crippen molar-refractivity contribution in [2.45, 2.75) is 13.8 Å². The summed E-state index contributed by atoms with van der Waals surface area (Å²) in [6, 6.07) is 3.73. The van der Waals surface area contributed by atoms with Crippen molar-refractivity contribution in [3.63, 3.8) is 0 Å². The van der Waals surface area contributed by atoms with E-state index in [1.54, 1.807) is 0 Å². The number of benzene rings is 1. The third-order valence-corrected chi connectivity index (χ3v) is 2.31. The highest BCUT2D eigenvalue weighted by atomic mass is 35.5. The zero-order chi connectivity index (χ0) is 9.84. The van der Waals surface area contributed by atoms with Gasteiger partial charge < -0.3 is 0 Å². The minimum atomic E-state index is 0.583. The Bertz CT molecular complexity index is 373. The minimum absolute atomic E-state index is 0.583. The lowest BCUT2D eigenvalue weighted by molar-refractivity contribution is -0.103. The first-order chi connectivity index (χ1) is 6.15. The first kappa shape index (κ1) is 9.83. The molecule has 0 spiro atoms. The van der Waals surface area contributed by atoms with Gasteiger partial charge in [-0.25, -0.2) is 0 Å². The summed E-state index contributed by atoms with van der Waals surface area (Å²) in [6.07, 6.45) is 0.583.